The summed E-state index contributed by atoms with van der Waals surface area (Å²) in [5.74, 6) is 2.23. The molecular weight excluding hydrogens is 458 g/mol. The maximum absolute atomic E-state index is 12.8. The highest BCUT2D eigenvalue weighted by Crippen LogP contribution is 2.37. The second-order valence-electron chi connectivity index (χ2n) is 8.93. The second-order valence-corrected chi connectivity index (χ2v) is 8.93. The molecule has 36 heavy (non-hydrogen) atoms. The Bertz CT molecular complexity index is 1350. The number of anilines is 2. The highest BCUT2D eigenvalue weighted by Gasteiger charge is 2.38. The number of nitrogens with zero attached hydrogens (tertiary/aromatic N) is 3. The molecule has 0 radical (unpaired) electrons. The van der Waals surface area contributed by atoms with Crippen molar-refractivity contribution in [1.82, 2.24) is 14.9 Å². The van der Waals surface area contributed by atoms with Crippen molar-refractivity contribution in [1.29, 1.82) is 0 Å². The number of nitrogen functional groups attached to an aromatic ring is 1. The molecule has 0 bridgehead atoms. The number of methoxy groups -OCH3 is 2. The Morgan fingerprint density at radius 1 is 1.06 bits per heavy atom. The van der Waals surface area contributed by atoms with Crippen LogP contribution < -0.4 is 20.5 Å². The zero-order valence-corrected chi connectivity index (χ0v) is 20.4. The van der Waals surface area contributed by atoms with Crippen LogP contribution in [0, 0.1) is 0 Å². The number of ether oxygens (including phenoxy) is 2. The number of carbonyl (C=O) groups excluding carboxylic acids is 1. The van der Waals surface area contributed by atoms with E-state index in [-0.39, 0.29) is 11.3 Å². The van der Waals surface area contributed by atoms with Crippen LogP contribution in [0.15, 0.2) is 65.3 Å². The van der Waals surface area contributed by atoms with Crippen LogP contribution in [-0.2, 0) is 5.41 Å². The topological polar surface area (TPSA) is 116 Å². The van der Waals surface area contributed by atoms with E-state index in [2.05, 4.69) is 22.4 Å². The Labute approximate surface area is 209 Å². The van der Waals surface area contributed by atoms with Crippen LogP contribution in [0.1, 0.15) is 29.0 Å². The summed E-state index contributed by atoms with van der Waals surface area (Å²) in [5, 5.41) is 4.12. The number of rotatable bonds is 7. The number of likely N-dealkylation sites (tertiary alicyclic amines) is 1. The van der Waals surface area contributed by atoms with Gasteiger partial charge in [-0.15, -0.1) is 0 Å². The van der Waals surface area contributed by atoms with E-state index < -0.39 is 0 Å². The van der Waals surface area contributed by atoms with Crippen molar-refractivity contribution in [2.45, 2.75) is 18.3 Å². The van der Waals surface area contributed by atoms with Gasteiger partial charge < -0.3 is 29.8 Å². The molecule has 1 amide bonds. The summed E-state index contributed by atoms with van der Waals surface area (Å²) >= 11 is 0. The zero-order chi connectivity index (χ0) is 25.1. The number of piperidine rings is 1. The van der Waals surface area contributed by atoms with E-state index in [9.17, 15) is 4.79 Å². The monoisotopic (exact) mass is 487 g/mol. The number of hydrogen-bond acceptors (Lipinski definition) is 8. The molecule has 1 saturated heterocycles. The van der Waals surface area contributed by atoms with Gasteiger partial charge >= 0.3 is 0 Å². The molecule has 1 aliphatic rings. The molecule has 0 unspecified atom stereocenters. The van der Waals surface area contributed by atoms with Gasteiger partial charge in [-0.1, -0.05) is 30.3 Å². The first-order valence-corrected chi connectivity index (χ1v) is 11.8. The molecule has 0 atom stereocenters. The van der Waals surface area contributed by atoms with Crippen molar-refractivity contribution < 1.29 is 18.7 Å². The lowest BCUT2D eigenvalue weighted by Crippen LogP contribution is -2.48. The van der Waals surface area contributed by atoms with Crippen molar-refractivity contribution in [3.63, 3.8) is 0 Å². The van der Waals surface area contributed by atoms with Gasteiger partial charge in [0.25, 0.3) is 5.91 Å². The van der Waals surface area contributed by atoms with Gasteiger partial charge in [0.1, 0.15) is 5.82 Å². The number of aromatic nitrogens is 2. The first-order valence-electron chi connectivity index (χ1n) is 11.8. The van der Waals surface area contributed by atoms with Gasteiger partial charge in [0.05, 0.1) is 26.0 Å². The molecular formula is C27H29N5O4. The second kappa shape index (κ2) is 9.77. The maximum atomic E-state index is 12.8. The number of amides is 1. The third kappa shape index (κ3) is 4.39. The van der Waals surface area contributed by atoms with Crippen LogP contribution in [0.2, 0.25) is 0 Å². The smallest absolute Gasteiger partial charge is 0.289 e. The van der Waals surface area contributed by atoms with E-state index in [1.807, 2.05) is 23.1 Å². The number of nitrogens with one attached hydrogen (secondary N) is 1. The fourth-order valence-electron chi connectivity index (χ4n) is 4.86. The highest BCUT2D eigenvalue weighted by atomic mass is 16.5. The molecule has 9 nitrogen and oxygen atoms in total. The quantitative estimate of drug-likeness (QED) is 0.400. The minimum absolute atomic E-state index is 0.0790. The van der Waals surface area contributed by atoms with Gasteiger partial charge in [0, 0.05) is 36.5 Å². The molecule has 0 spiro atoms. The number of fused-ring (bicyclic) bond motifs is 1. The molecule has 1 fully saturated rings. The predicted octanol–water partition coefficient (Wildman–Crippen LogP) is 4.11. The van der Waals surface area contributed by atoms with Crippen LogP contribution in [0.25, 0.3) is 10.9 Å². The third-order valence-corrected chi connectivity index (χ3v) is 6.94. The molecule has 186 valence electrons. The van der Waals surface area contributed by atoms with Crippen LogP contribution >= 0.6 is 0 Å². The molecule has 4 aromatic rings. The standard InChI is InChI=1S/C27H29N5O4/c1-34-22-15-19-20(16-23(22)35-2)30-26(31-24(19)28)29-17-27(18-7-4-3-5-8-18)10-12-32(13-11-27)25(33)21-9-6-14-36-21/h3-9,14-16H,10-13,17H2,1-2H3,(H3,28,29,30,31). The number of benzene rings is 2. The van der Waals surface area contributed by atoms with Gasteiger partial charge in [-0.05, 0) is 36.6 Å². The molecule has 1 aliphatic heterocycles. The molecule has 3 N–H and O–H groups in total. The Kier molecular flexibility index (Phi) is 6.37. The van der Waals surface area contributed by atoms with Crippen LogP contribution in [0.5, 0.6) is 11.5 Å². The van der Waals surface area contributed by atoms with Gasteiger partial charge in [-0.3, -0.25) is 4.79 Å². The largest absolute Gasteiger partial charge is 0.493 e. The number of hydrogen-bond donors (Lipinski definition) is 2. The summed E-state index contributed by atoms with van der Waals surface area (Å²) in [6.45, 7) is 1.83. The lowest BCUT2D eigenvalue weighted by molar-refractivity contribution is 0.0640. The molecule has 5 rings (SSSR count). The molecule has 2 aromatic heterocycles. The van der Waals surface area contributed by atoms with Gasteiger partial charge in [-0.2, -0.15) is 4.98 Å². The highest BCUT2D eigenvalue weighted by molar-refractivity contribution is 5.92. The van der Waals surface area contributed by atoms with Crippen molar-refractivity contribution in [3.05, 3.63) is 72.2 Å². The Hall–Kier alpha value is -4.27. The summed E-state index contributed by atoms with van der Waals surface area (Å²) < 4.78 is 16.1. The van der Waals surface area contributed by atoms with Crippen LogP contribution in [0.3, 0.4) is 0 Å². The Morgan fingerprint density at radius 2 is 1.78 bits per heavy atom. The summed E-state index contributed by atoms with van der Waals surface area (Å²) in [7, 11) is 3.16. The minimum atomic E-state index is -0.202. The number of nitrogens with two attached hydrogens (primary N) is 1. The molecule has 9 heteroatoms. The van der Waals surface area contributed by atoms with E-state index in [1.54, 1.807) is 38.5 Å². The van der Waals surface area contributed by atoms with Crippen molar-refractivity contribution in [2.24, 2.45) is 0 Å². The summed E-state index contributed by atoms with van der Waals surface area (Å²) in [6.07, 6.45) is 3.09. The Morgan fingerprint density at radius 3 is 2.44 bits per heavy atom. The lowest BCUT2D eigenvalue weighted by atomic mass is 9.72. The number of carbonyl (C=O) groups is 1. The average molecular weight is 488 g/mol. The molecule has 3 heterocycles. The molecule has 0 aliphatic carbocycles. The van der Waals surface area contributed by atoms with Crippen molar-refractivity contribution >= 4 is 28.6 Å². The van der Waals surface area contributed by atoms with Gasteiger partial charge in [0.2, 0.25) is 5.95 Å². The normalized spacial score (nSPS) is 15.0. The third-order valence-electron chi connectivity index (χ3n) is 6.94. The maximum Gasteiger partial charge on any atom is 0.289 e. The fraction of sp³-hybridized carbons (Fsp3) is 0.296. The average Bonchev–Trinajstić information content (AvgIpc) is 3.47. The van der Waals surface area contributed by atoms with Crippen molar-refractivity contribution in [2.75, 3.05) is 44.9 Å². The first-order chi connectivity index (χ1) is 17.5. The SMILES string of the molecule is COc1cc2nc(NCC3(c4ccccc4)CCN(C(=O)c4ccco4)CC3)nc(N)c2cc1OC. The summed E-state index contributed by atoms with van der Waals surface area (Å²) in [6, 6.07) is 17.4. The van der Waals surface area contributed by atoms with Gasteiger partial charge in [0.15, 0.2) is 17.3 Å². The van der Waals surface area contributed by atoms with E-state index in [0.717, 1.165) is 12.8 Å². The number of furan rings is 1. The first kappa shape index (κ1) is 23.5. The summed E-state index contributed by atoms with van der Waals surface area (Å²) in [4.78, 5) is 23.9. The Balaban J connectivity index is 1.39. The van der Waals surface area contributed by atoms with E-state index in [0.29, 0.717) is 59.6 Å². The predicted molar refractivity (Wildman–Crippen MR) is 138 cm³/mol. The minimum Gasteiger partial charge on any atom is -0.493 e. The zero-order valence-electron chi connectivity index (χ0n) is 20.4. The van der Waals surface area contributed by atoms with E-state index in [1.165, 1.54) is 11.8 Å². The summed E-state index contributed by atoms with van der Waals surface area (Å²) in [5.41, 5.74) is 7.95. The van der Waals surface area contributed by atoms with E-state index in [4.69, 9.17) is 24.6 Å². The fourth-order valence-corrected chi connectivity index (χ4v) is 4.86. The molecule has 0 saturated carbocycles. The van der Waals surface area contributed by atoms with Crippen molar-refractivity contribution in [3.8, 4) is 11.5 Å². The van der Waals surface area contributed by atoms with Crippen LogP contribution in [-0.4, -0.2) is 54.6 Å². The van der Waals surface area contributed by atoms with Gasteiger partial charge in [-0.25, -0.2) is 4.98 Å². The molecule has 2 aromatic carbocycles. The van der Waals surface area contributed by atoms with Crippen LogP contribution in [0.4, 0.5) is 11.8 Å². The van der Waals surface area contributed by atoms with E-state index >= 15 is 0 Å². The lowest BCUT2D eigenvalue weighted by Gasteiger charge is -2.42.